The summed E-state index contributed by atoms with van der Waals surface area (Å²) in [5.74, 6) is 0.286. The van der Waals surface area contributed by atoms with Gasteiger partial charge in [-0.05, 0) is 17.7 Å². The SMILES string of the molecule is CSc1nnc(SCC(=O)Nc2cccc3ccccc23)s1. The lowest BCUT2D eigenvalue weighted by Crippen LogP contribution is -2.14. The van der Waals surface area contributed by atoms with Crippen molar-refractivity contribution in [2.75, 3.05) is 17.3 Å². The van der Waals surface area contributed by atoms with Crippen LogP contribution in [0.1, 0.15) is 0 Å². The first-order valence-electron chi connectivity index (χ1n) is 6.54. The Kier molecular flexibility index (Phi) is 4.97. The number of fused-ring (bicyclic) bond motifs is 1. The Hall–Kier alpha value is -1.57. The Morgan fingerprint density at radius 1 is 1.14 bits per heavy atom. The van der Waals surface area contributed by atoms with Crippen molar-refractivity contribution in [3.63, 3.8) is 0 Å². The van der Waals surface area contributed by atoms with Crippen molar-refractivity contribution in [2.45, 2.75) is 8.68 Å². The molecule has 3 rings (SSSR count). The Bertz CT molecular complexity index is 798. The molecule has 2 aromatic carbocycles. The molecule has 7 heteroatoms. The highest BCUT2D eigenvalue weighted by atomic mass is 32.2. The number of thioether (sulfide) groups is 2. The number of benzene rings is 2. The van der Waals surface area contributed by atoms with Crippen LogP contribution in [0.4, 0.5) is 5.69 Å². The van der Waals surface area contributed by atoms with Gasteiger partial charge in [0.1, 0.15) is 0 Å². The number of amides is 1. The molecule has 0 saturated heterocycles. The number of aromatic nitrogens is 2. The van der Waals surface area contributed by atoms with Gasteiger partial charge in [-0.25, -0.2) is 0 Å². The first kappa shape index (κ1) is 15.3. The second-order valence-electron chi connectivity index (χ2n) is 4.40. The third-order valence-corrected chi connectivity index (χ3v) is 5.99. The van der Waals surface area contributed by atoms with Crippen LogP contribution in [-0.2, 0) is 4.79 Å². The third kappa shape index (κ3) is 3.60. The Labute approximate surface area is 140 Å². The van der Waals surface area contributed by atoms with Crippen molar-refractivity contribution in [2.24, 2.45) is 0 Å². The summed E-state index contributed by atoms with van der Waals surface area (Å²) in [6.45, 7) is 0. The molecule has 1 N–H and O–H groups in total. The standard InChI is InChI=1S/C15H13N3OS3/c1-20-14-17-18-15(22-14)21-9-13(19)16-12-8-4-6-10-5-2-3-7-11(10)12/h2-8H,9H2,1H3,(H,16,19). The maximum absolute atomic E-state index is 12.1. The van der Waals surface area contributed by atoms with Crippen LogP contribution >= 0.6 is 34.9 Å². The monoisotopic (exact) mass is 347 g/mol. The minimum Gasteiger partial charge on any atom is -0.325 e. The lowest BCUT2D eigenvalue weighted by atomic mass is 10.1. The summed E-state index contributed by atoms with van der Waals surface area (Å²) in [4.78, 5) is 12.1. The molecule has 22 heavy (non-hydrogen) atoms. The molecule has 112 valence electrons. The molecular formula is C15H13N3OS3. The minimum atomic E-state index is -0.0396. The zero-order chi connectivity index (χ0) is 15.4. The number of rotatable bonds is 5. The highest BCUT2D eigenvalue weighted by Crippen LogP contribution is 2.28. The Morgan fingerprint density at radius 3 is 2.73 bits per heavy atom. The molecular weight excluding hydrogens is 334 g/mol. The van der Waals surface area contributed by atoms with E-state index in [9.17, 15) is 4.79 Å². The van der Waals surface area contributed by atoms with E-state index < -0.39 is 0 Å². The summed E-state index contributed by atoms with van der Waals surface area (Å²) in [5, 5.41) is 13.2. The summed E-state index contributed by atoms with van der Waals surface area (Å²) < 4.78 is 1.73. The van der Waals surface area contributed by atoms with E-state index in [4.69, 9.17) is 0 Å². The van der Waals surface area contributed by atoms with Crippen LogP contribution in [0.25, 0.3) is 10.8 Å². The van der Waals surface area contributed by atoms with Crippen molar-refractivity contribution in [3.05, 3.63) is 42.5 Å². The maximum atomic E-state index is 12.1. The number of hydrogen-bond acceptors (Lipinski definition) is 6. The molecule has 0 radical (unpaired) electrons. The molecule has 0 saturated carbocycles. The fourth-order valence-corrected chi connectivity index (χ4v) is 4.22. The molecule has 0 atom stereocenters. The third-order valence-electron chi connectivity index (χ3n) is 2.95. The van der Waals surface area contributed by atoms with Crippen molar-refractivity contribution < 1.29 is 4.79 Å². The van der Waals surface area contributed by atoms with E-state index in [1.54, 1.807) is 11.8 Å². The number of carbonyl (C=O) groups is 1. The first-order valence-corrected chi connectivity index (χ1v) is 9.57. The maximum Gasteiger partial charge on any atom is 0.234 e. The zero-order valence-electron chi connectivity index (χ0n) is 11.8. The van der Waals surface area contributed by atoms with E-state index in [-0.39, 0.29) is 5.91 Å². The van der Waals surface area contributed by atoms with E-state index >= 15 is 0 Å². The van der Waals surface area contributed by atoms with Crippen molar-refractivity contribution in [1.82, 2.24) is 10.2 Å². The normalized spacial score (nSPS) is 10.8. The molecule has 0 aliphatic rings. The average Bonchev–Trinajstić information content (AvgIpc) is 3.01. The molecule has 0 bridgehead atoms. The zero-order valence-corrected chi connectivity index (χ0v) is 14.2. The lowest BCUT2D eigenvalue weighted by Gasteiger charge is -2.08. The molecule has 0 spiro atoms. The Balaban J connectivity index is 1.65. The number of anilines is 1. The molecule has 0 aliphatic carbocycles. The quantitative estimate of drug-likeness (QED) is 0.703. The fraction of sp³-hybridized carbons (Fsp3) is 0.133. The van der Waals surface area contributed by atoms with Gasteiger partial charge in [-0.3, -0.25) is 4.79 Å². The molecule has 0 fully saturated rings. The summed E-state index contributed by atoms with van der Waals surface area (Å²) >= 11 is 4.48. The smallest absolute Gasteiger partial charge is 0.234 e. The molecule has 1 aromatic heterocycles. The highest BCUT2D eigenvalue weighted by molar-refractivity contribution is 8.03. The van der Waals surface area contributed by atoms with Gasteiger partial charge in [0.05, 0.1) is 5.75 Å². The van der Waals surface area contributed by atoms with Gasteiger partial charge in [-0.2, -0.15) is 0 Å². The van der Waals surface area contributed by atoms with Gasteiger partial charge >= 0.3 is 0 Å². The second kappa shape index (κ2) is 7.13. The fourth-order valence-electron chi connectivity index (χ4n) is 1.99. The average molecular weight is 347 g/mol. The first-order chi connectivity index (χ1) is 10.8. The van der Waals surface area contributed by atoms with E-state index in [2.05, 4.69) is 15.5 Å². The summed E-state index contributed by atoms with van der Waals surface area (Å²) in [6.07, 6.45) is 1.96. The molecule has 1 heterocycles. The summed E-state index contributed by atoms with van der Waals surface area (Å²) in [5.41, 5.74) is 0.839. The van der Waals surface area contributed by atoms with Crippen LogP contribution in [0.2, 0.25) is 0 Å². The van der Waals surface area contributed by atoms with Crippen molar-refractivity contribution in [1.29, 1.82) is 0 Å². The summed E-state index contributed by atoms with van der Waals surface area (Å²) in [6, 6.07) is 13.9. The van der Waals surface area contributed by atoms with E-state index in [1.165, 1.54) is 23.1 Å². The van der Waals surface area contributed by atoms with E-state index in [0.717, 1.165) is 25.1 Å². The van der Waals surface area contributed by atoms with Crippen LogP contribution < -0.4 is 5.32 Å². The van der Waals surface area contributed by atoms with Gasteiger partial charge in [0.15, 0.2) is 8.68 Å². The number of nitrogens with one attached hydrogen (secondary N) is 1. The largest absolute Gasteiger partial charge is 0.325 e. The van der Waals surface area contributed by atoms with E-state index in [1.807, 2.05) is 48.7 Å². The predicted molar refractivity (Wildman–Crippen MR) is 95.0 cm³/mol. The van der Waals surface area contributed by atoms with Crippen molar-refractivity contribution >= 4 is 57.2 Å². The Morgan fingerprint density at radius 2 is 1.91 bits per heavy atom. The summed E-state index contributed by atoms with van der Waals surface area (Å²) in [7, 11) is 0. The van der Waals surface area contributed by atoms with Gasteiger partial charge in [-0.1, -0.05) is 71.3 Å². The second-order valence-corrected chi connectivity index (χ2v) is 7.65. The topological polar surface area (TPSA) is 54.9 Å². The van der Waals surface area contributed by atoms with Crippen LogP contribution in [-0.4, -0.2) is 28.1 Å². The molecule has 0 unspecified atom stereocenters. The number of carbonyl (C=O) groups excluding carboxylic acids is 1. The number of hydrogen-bond donors (Lipinski definition) is 1. The lowest BCUT2D eigenvalue weighted by molar-refractivity contribution is -0.113. The van der Waals surface area contributed by atoms with Crippen LogP contribution in [0, 0.1) is 0 Å². The molecule has 0 aliphatic heterocycles. The molecule has 4 nitrogen and oxygen atoms in total. The van der Waals surface area contributed by atoms with Gasteiger partial charge in [0.2, 0.25) is 5.91 Å². The van der Waals surface area contributed by atoms with Gasteiger partial charge in [-0.15, -0.1) is 10.2 Å². The predicted octanol–water partition coefficient (Wildman–Crippen LogP) is 4.14. The molecule has 1 amide bonds. The van der Waals surface area contributed by atoms with Crippen molar-refractivity contribution in [3.8, 4) is 0 Å². The van der Waals surface area contributed by atoms with Crippen LogP contribution in [0.15, 0.2) is 51.1 Å². The number of nitrogens with zero attached hydrogens (tertiary/aromatic N) is 2. The van der Waals surface area contributed by atoms with E-state index in [0.29, 0.717) is 5.75 Å². The highest BCUT2D eigenvalue weighted by Gasteiger charge is 2.09. The van der Waals surface area contributed by atoms with Crippen LogP contribution in [0.5, 0.6) is 0 Å². The minimum absolute atomic E-state index is 0.0396. The van der Waals surface area contributed by atoms with Crippen LogP contribution in [0.3, 0.4) is 0 Å². The molecule has 3 aromatic rings. The van der Waals surface area contributed by atoms with Gasteiger partial charge < -0.3 is 5.32 Å². The van der Waals surface area contributed by atoms with Gasteiger partial charge in [0, 0.05) is 11.1 Å². The van der Waals surface area contributed by atoms with Gasteiger partial charge in [0.25, 0.3) is 0 Å².